The molecule has 0 aromatic heterocycles. The van der Waals surface area contributed by atoms with Crippen LogP contribution in [0, 0.1) is 0 Å². The highest BCUT2D eigenvalue weighted by molar-refractivity contribution is 5.76. The van der Waals surface area contributed by atoms with Gasteiger partial charge in [0.15, 0.2) is 31.5 Å². The summed E-state index contributed by atoms with van der Waals surface area (Å²) in [6.45, 7) is 1.72. The molecule has 0 aliphatic carbocycles. The fourth-order valence-electron chi connectivity index (χ4n) is 13.2. The lowest BCUT2D eigenvalue weighted by Gasteiger charge is -2.49. The number of ether oxygens (including phenoxy) is 10. The molecule has 18 N–H and O–H groups in total. The molecular weight excluding hydrogens is 1310 g/mol. The molecule has 27 atom stereocenters. The predicted molar refractivity (Wildman–Crippen MR) is 352 cm³/mol. The van der Waals surface area contributed by atoms with Gasteiger partial charge in [0.25, 0.3) is 0 Å². The Bertz CT molecular complexity index is 2230. The predicted octanol–water partition coefficient (Wildman–Crippen LogP) is -1.03. The first-order chi connectivity index (χ1) is 47.5. The number of hydrogen-bond acceptors (Lipinski definition) is 28. The Kier molecular flexibility index (Phi) is 41.1. The lowest BCUT2D eigenvalue weighted by atomic mass is 9.94. The summed E-state index contributed by atoms with van der Waals surface area (Å²) in [6.07, 6.45) is -11.6. The number of hydrogen-bond donors (Lipinski definition) is 18. The third-order valence-electron chi connectivity index (χ3n) is 19.1. The number of amides is 3. The van der Waals surface area contributed by atoms with E-state index in [4.69, 9.17) is 47.4 Å². The Morgan fingerprint density at radius 3 is 1.27 bits per heavy atom. The second kappa shape index (κ2) is 46.9. The molecule has 5 rings (SSSR count). The lowest BCUT2D eigenvalue weighted by molar-refractivity contribution is -0.387. The molecule has 5 aliphatic rings. The van der Waals surface area contributed by atoms with Crippen LogP contribution in [-0.4, -0.2) is 300 Å². The smallest absolute Gasteiger partial charge is 0.220 e. The van der Waals surface area contributed by atoms with Crippen molar-refractivity contribution in [3.63, 3.8) is 0 Å². The minimum atomic E-state index is -2.18. The van der Waals surface area contributed by atoms with Crippen molar-refractivity contribution >= 4 is 17.7 Å². The molecule has 0 bridgehead atoms. The van der Waals surface area contributed by atoms with Crippen molar-refractivity contribution in [3.8, 4) is 0 Å². The van der Waals surface area contributed by atoms with Crippen LogP contribution in [-0.2, 0) is 61.8 Å². The summed E-state index contributed by atoms with van der Waals surface area (Å²) in [5.41, 5.74) is 0. The van der Waals surface area contributed by atoms with Crippen molar-refractivity contribution in [2.24, 2.45) is 0 Å². The second-order valence-electron chi connectivity index (χ2n) is 27.2. The van der Waals surface area contributed by atoms with Crippen LogP contribution in [0.3, 0.4) is 0 Å². The zero-order valence-electron chi connectivity index (χ0n) is 58.4. The van der Waals surface area contributed by atoms with Crippen molar-refractivity contribution in [3.05, 3.63) is 12.2 Å². The number of carbonyl (C=O) groups excluding carboxylic acids is 3. The fourth-order valence-corrected chi connectivity index (χ4v) is 13.2. The summed E-state index contributed by atoms with van der Waals surface area (Å²) < 4.78 is 58.6. The third kappa shape index (κ3) is 27.5. The van der Waals surface area contributed by atoms with E-state index in [9.17, 15) is 91.0 Å². The Morgan fingerprint density at radius 1 is 0.404 bits per heavy atom. The first-order valence-electron chi connectivity index (χ1n) is 36.4. The largest absolute Gasteiger partial charge is 0.394 e. The Labute approximate surface area is 582 Å². The molecule has 0 radical (unpaired) electrons. The van der Waals surface area contributed by atoms with Crippen molar-refractivity contribution in [2.45, 2.75) is 360 Å². The summed E-state index contributed by atoms with van der Waals surface area (Å²) >= 11 is 0. The molecule has 31 heteroatoms. The van der Waals surface area contributed by atoms with Crippen LogP contribution < -0.4 is 16.0 Å². The summed E-state index contributed by atoms with van der Waals surface area (Å²) in [7, 11) is 0. The van der Waals surface area contributed by atoms with Crippen LogP contribution in [0.5, 0.6) is 0 Å². The quantitative estimate of drug-likeness (QED) is 0.0256. The van der Waals surface area contributed by atoms with E-state index in [1.165, 1.54) is 103 Å². The molecule has 0 aromatic rings. The molecule has 5 aliphatic heterocycles. The highest BCUT2D eigenvalue weighted by atomic mass is 16.8. The van der Waals surface area contributed by atoms with Gasteiger partial charge < -0.3 is 140 Å². The van der Waals surface area contributed by atoms with E-state index in [-0.39, 0.29) is 12.3 Å². The van der Waals surface area contributed by atoms with Crippen LogP contribution in [0.2, 0.25) is 0 Å². The lowest BCUT2D eigenvalue weighted by Crippen LogP contribution is -2.69. The van der Waals surface area contributed by atoms with E-state index in [1.54, 1.807) is 6.08 Å². The van der Waals surface area contributed by atoms with E-state index >= 15 is 0 Å². The molecule has 0 aromatic carbocycles. The van der Waals surface area contributed by atoms with Crippen molar-refractivity contribution in [2.75, 3.05) is 39.6 Å². The van der Waals surface area contributed by atoms with Gasteiger partial charge in [-0.05, 0) is 19.3 Å². The first-order valence-corrected chi connectivity index (χ1v) is 36.4. The monoisotopic (exact) mass is 1430 g/mol. The van der Waals surface area contributed by atoms with Crippen molar-refractivity contribution < 1.29 is 138 Å². The third-order valence-corrected chi connectivity index (χ3v) is 19.1. The number of nitrogens with one attached hydrogen (secondary N) is 3. The summed E-state index contributed by atoms with van der Waals surface area (Å²) in [6, 6.07) is -4.15. The molecule has 5 fully saturated rings. The highest BCUT2D eigenvalue weighted by Gasteiger charge is 2.56. The average molecular weight is 1430 g/mol. The average Bonchev–Trinajstić information content (AvgIpc) is 0.779. The van der Waals surface area contributed by atoms with Gasteiger partial charge in [-0.2, -0.15) is 0 Å². The standard InChI is InChI=1S/C68H123N3O28/c1-5-7-9-11-13-15-17-19-21-23-25-27-29-31-42(78)41(71-48(79)32-30-28-26-24-22-20-18-16-14-12-10-8-6-2)37-90-66-58(87)56(85)61(45(35-74)94-66)97-67-59(88)57(86)62(46(36-75)95-67)98-68-60(89)63(53(82)44(34-73)93-68)99-65-50(70-40(4)77)55(84)52(81)47(96-65)38-91-64-49(69-39(3)76)54(83)51(80)43(33-72)92-64/h29,31,41-47,49-68,72-75,78,80-89H,5-28,30,32-38H2,1-4H3,(H,69,76)(H,70,77)(H,71,79)/b31-29+/t41-,42+,43?,44?,45?,46?,47?,49?,50?,51+,52-,53-,54+,55+,56+,57+,58?,59?,60?,61+,62-,63-,64+,65-,66+,67-,68-/m0/s1. The molecule has 0 saturated carbocycles. The molecule has 5 heterocycles. The van der Waals surface area contributed by atoms with Crippen LogP contribution >= 0.6 is 0 Å². The van der Waals surface area contributed by atoms with Crippen molar-refractivity contribution in [1.82, 2.24) is 16.0 Å². The molecular formula is C68H123N3O28. The molecule has 99 heavy (non-hydrogen) atoms. The minimum Gasteiger partial charge on any atom is -0.394 e. The van der Waals surface area contributed by atoms with E-state index in [0.29, 0.717) is 12.8 Å². The van der Waals surface area contributed by atoms with Crippen molar-refractivity contribution in [1.29, 1.82) is 0 Å². The van der Waals surface area contributed by atoms with E-state index in [2.05, 4.69) is 29.8 Å². The van der Waals surface area contributed by atoms with Gasteiger partial charge in [0.2, 0.25) is 17.7 Å². The SMILES string of the molecule is CCCCCCCCCCCCC/C=C/[C@@H](O)[C@H](CO[C@@H]1OC(CO)[C@@H](O[C@@H]2OC(CO)[C@H](O[C@@H]3OC(CO)[C@H](O)[C@H](O[C@@H]4OC(CO[C@@H]5OC(CO)[C@@H](O)[C@H](O)C5NC(C)=O)[C@H](O)[C@H](O)C4NC(C)=O)C3O)[C@H](O)C2O)[C@H](O)C1O)NC(=O)CCCCCCCCCCCCCCC. The van der Waals surface area contributed by atoms with E-state index in [1.807, 2.05) is 6.08 Å². The maximum Gasteiger partial charge on any atom is 0.220 e. The first kappa shape index (κ1) is 86.8. The maximum absolute atomic E-state index is 13.4. The molecule has 3 amide bonds. The fraction of sp³-hybridized carbons (Fsp3) is 0.926. The highest BCUT2D eigenvalue weighted by Crippen LogP contribution is 2.36. The van der Waals surface area contributed by atoms with Gasteiger partial charge in [0.1, 0.15) is 122 Å². The maximum atomic E-state index is 13.4. The van der Waals surface area contributed by atoms with Crippen LogP contribution in [0.1, 0.15) is 195 Å². The Morgan fingerprint density at radius 2 is 0.788 bits per heavy atom. The van der Waals surface area contributed by atoms with E-state index < -0.39 is 217 Å². The summed E-state index contributed by atoms with van der Waals surface area (Å²) in [5.74, 6) is -1.79. The minimum absolute atomic E-state index is 0.197. The van der Waals surface area contributed by atoms with Gasteiger partial charge in [-0.3, -0.25) is 14.4 Å². The number of carbonyl (C=O) groups is 3. The van der Waals surface area contributed by atoms with Gasteiger partial charge >= 0.3 is 0 Å². The van der Waals surface area contributed by atoms with Gasteiger partial charge in [-0.25, -0.2) is 0 Å². The van der Waals surface area contributed by atoms with Crippen LogP contribution in [0.15, 0.2) is 12.2 Å². The Balaban J connectivity index is 1.20. The van der Waals surface area contributed by atoms with Crippen LogP contribution in [0.25, 0.3) is 0 Å². The van der Waals surface area contributed by atoms with Crippen LogP contribution in [0.4, 0.5) is 0 Å². The molecule has 31 nitrogen and oxygen atoms in total. The topological polar surface area (TPSA) is 483 Å². The van der Waals surface area contributed by atoms with E-state index in [0.717, 1.165) is 58.8 Å². The second-order valence-corrected chi connectivity index (χ2v) is 27.2. The van der Waals surface area contributed by atoms with Gasteiger partial charge in [-0.1, -0.05) is 167 Å². The number of rotatable bonds is 47. The van der Waals surface area contributed by atoms with Gasteiger partial charge in [-0.15, -0.1) is 0 Å². The van der Waals surface area contributed by atoms with Gasteiger partial charge in [0, 0.05) is 20.3 Å². The zero-order chi connectivity index (χ0) is 72.6. The number of unbranched alkanes of at least 4 members (excludes halogenated alkanes) is 23. The zero-order valence-corrected chi connectivity index (χ0v) is 58.4. The van der Waals surface area contributed by atoms with Gasteiger partial charge in [0.05, 0.1) is 51.8 Å². The molecule has 5 saturated heterocycles. The Hall–Kier alpha value is -2.85. The molecule has 578 valence electrons. The number of aliphatic hydroxyl groups is 15. The molecule has 10 unspecified atom stereocenters. The number of allylic oxidation sites excluding steroid dienone is 1. The summed E-state index contributed by atoms with van der Waals surface area (Å²) in [5, 5.41) is 174. The molecule has 0 spiro atoms. The number of aliphatic hydroxyl groups excluding tert-OH is 15. The normalized spacial score (nSPS) is 35.8. The summed E-state index contributed by atoms with van der Waals surface area (Å²) in [4.78, 5) is 37.9.